The van der Waals surface area contributed by atoms with Crippen molar-refractivity contribution in [2.45, 2.75) is 44.4 Å². The average molecular weight is 610 g/mol. The molecule has 2 aliphatic rings. The van der Waals surface area contributed by atoms with Gasteiger partial charge in [0.15, 0.2) is 0 Å². The number of nitrogens with two attached hydrogens (primary N) is 1. The minimum Gasteiger partial charge on any atom is -0.399 e. The lowest BCUT2D eigenvalue weighted by atomic mass is 9.97. The molecule has 4 N–H and O–H groups in total. The topological polar surface area (TPSA) is 135 Å². The minimum atomic E-state index is -2.92. The number of anilines is 3. The second-order valence-electron chi connectivity index (χ2n) is 11.7. The Morgan fingerprint density at radius 3 is 2.52 bits per heavy atom. The summed E-state index contributed by atoms with van der Waals surface area (Å²) in [5.41, 5.74) is 7.76. The summed E-state index contributed by atoms with van der Waals surface area (Å²) in [6.07, 6.45) is 3.52. The maximum atomic E-state index is 13.6. The van der Waals surface area contributed by atoms with Gasteiger partial charge in [0, 0.05) is 57.8 Å². The molecule has 1 aromatic carbocycles. The van der Waals surface area contributed by atoms with Crippen LogP contribution < -0.4 is 26.8 Å². The number of benzene rings is 1. The van der Waals surface area contributed by atoms with Gasteiger partial charge in [0.1, 0.15) is 17.2 Å². The quantitative estimate of drug-likeness (QED) is 0.282. The van der Waals surface area contributed by atoms with E-state index in [0.29, 0.717) is 35.7 Å². The molecule has 13 heteroatoms. The van der Waals surface area contributed by atoms with E-state index in [-0.39, 0.29) is 34.6 Å². The third kappa shape index (κ3) is 6.89. The van der Waals surface area contributed by atoms with Crippen molar-refractivity contribution in [3.05, 3.63) is 69.6 Å². The molecule has 1 aliphatic heterocycles. The number of amides is 2. The van der Waals surface area contributed by atoms with Gasteiger partial charge in [-0.15, -0.1) is 0 Å². The molecule has 3 heterocycles. The number of likely N-dealkylation sites (tertiary alicyclic amines) is 1. The van der Waals surface area contributed by atoms with E-state index in [1.165, 1.54) is 6.07 Å². The van der Waals surface area contributed by atoms with Crippen LogP contribution in [-0.2, 0) is 11.3 Å². The highest BCUT2D eigenvalue weighted by atomic mass is 19.3. The summed E-state index contributed by atoms with van der Waals surface area (Å²) in [6.45, 7) is 1.64. The lowest BCUT2D eigenvalue weighted by Gasteiger charge is -2.39. The van der Waals surface area contributed by atoms with Gasteiger partial charge in [-0.25, -0.2) is 13.8 Å². The van der Waals surface area contributed by atoms with E-state index in [0.717, 1.165) is 23.3 Å². The maximum Gasteiger partial charge on any atom is 0.282 e. The second kappa shape index (κ2) is 12.3. The summed E-state index contributed by atoms with van der Waals surface area (Å²) >= 11 is 0. The Labute approximate surface area is 254 Å². The van der Waals surface area contributed by atoms with E-state index in [1.54, 1.807) is 67.2 Å². The first kappa shape index (κ1) is 31.1. The maximum absolute atomic E-state index is 13.6. The predicted molar refractivity (Wildman–Crippen MR) is 164 cm³/mol. The number of hydrogen-bond donors (Lipinski definition) is 3. The Morgan fingerprint density at radius 2 is 1.89 bits per heavy atom. The van der Waals surface area contributed by atoms with Gasteiger partial charge in [-0.2, -0.15) is 0 Å². The van der Waals surface area contributed by atoms with Gasteiger partial charge < -0.3 is 35.5 Å². The van der Waals surface area contributed by atoms with Crippen molar-refractivity contribution in [2.24, 2.45) is 0 Å². The van der Waals surface area contributed by atoms with Crippen molar-refractivity contribution in [2.75, 3.05) is 56.8 Å². The van der Waals surface area contributed by atoms with E-state index < -0.39 is 30.8 Å². The highest BCUT2D eigenvalue weighted by molar-refractivity contribution is 6.05. The number of carbonyl (C=O) groups is 2. The van der Waals surface area contributed by atoms with Gasteiger partial charge in [-0.3, -0.25) is 14.4 Å². The number of alkyl halides is 2. The Hall–Kier alpha value is -4.36. The summed E-state index contributed by atoms with van der Waals surface area (Å²) in [6, 6.07) is 9.63. The molecule has 5 rings (SSSR count). The van der Waals surface area contributed by atoms with Crippen LogP contribution >= 0.6 is 0 Å². The summed E-state index contributed by atoms with van der Waals surface area (Å²) in [4.78, 5) is 47.5. The minimum absolute atomic E-state index is 0.0000612. The van der Waals surface area contributed by atoms with E-state index in [9.17, 15) is 23.2 Å². The van der Waals surface area contributed by atoms with Crippen LogP contribution in [0.5, 0.6) is 0 Å². The summed E-state index contributed by atoms with van der Waals surface area (Å²) in [5, 5.41) is 6.06. The summed E-state index contributed by atoms with van der Waals surface area (Å²) < 4.78 is 34.0. The largest absolute Gasteiger partial charge is 0.399 e. The van der Waals surface area contributed by atoms with Crippen LogP contribution in [0.1, 0.15) is 52.1 Å². The fourth-order valence-electron chi connectivity index (χ4n) is 5.01. The first-order valence-electron chi connectivity index (χ1n) is 14.4. The molecular formula is C31H37F2N7O4. The second-order valence-corrected chi connectivity index (χ2v) is 11.7. The zero-order valence-electron chi connectivity index (χ0n) is 25.2. The standard InChI is InChI=1S/C31H37F2N7O4/c1-18(44-4)13-35-14-19-9-25(30(43)40(15-19)22-6-7-22)28(41)37-26-10-20(11-27(36-26)38(2)3)23-8-5-21(34)12-24(23)29(42)39-16-31(32,33)17-39/h5,8-12,15,18,22,35H,6-7,13-14,16-17,34H2,1-4H3,(H,36,37,41)/t18-/m0/s1. The number of nitrogens with one attached hydrogen (secondary N) is 2. The van der Waals surface area contributed by atoms with Crippen molar-refractivity contribution in [3.63, 3.8) is 0 Å². The van der Waals surface area contributed by atoms with E-state index >= 15 is 0 Å². The molecule has 1 saturated carbocycles. The number of halogens is 2. The molecule has 234 valence electrons. The summed E-state index contributed by atoms with van der Waals surface area (Å²) in [7, 11) is 5.17. The molecule has 0 bridgehead atoms. The SMILES string of the molecule is CO[C@@H](C)CNCc1cc(C(=O)Nc2cc(-c3ccc(N)cc3C(=O)N3CC(F)(F)C3)cc(N(C)C)n2)c(=O)n(C2CC2)c1. The lowest BCUT2D eigenvalue weighted by Crippen LogP contribution is -2.58. The van der Waals surface area contributed by atoms with Crippen LogP contribution in [0.2, 0.25) is 0 Å². The molecule has 1 atom stereocenters. The van der Waals surface area contributed by atoms with Gasteiger partial charge >= 0.3 is 0 Å². The van der Waals surface area contributed by atoms with Crippen molar-refractivity contribution in [1.29, 1.82) is 0 Å². The Kier molecular flexibility index (Phi) is 8.71. The molecular weight excluding hydrogens is 572 g/mol. The average Bonchev–Trinajstić information content (AvgIpc) is 3.81. The van der Waals surface area contributed by atoms with Crippen LogP contribution in [0.15, 0.2) is 47.4 Å². The van der Waals surface area contributed by atoms with Crippen molar-refractivity contribution in [3.8, 4) is 11.1 Å². The number of methoxy groups -OCH3 is 1. The number of ether oxygens (including phenoxy) is 1. The first-order valence-corrected chi connectivity index (χ1v) is 14.4. The molecule has 2 amide bonds. The predicted octanol–water partition coefficient (Wildman–Crippen LogP) is 3.36. The number of rotatable bonds is 11. The van der Waals surface area contributed by atoms with Gasteiger partial charge in [-0.1, -0.05) is 6.07 Å². The fraction of sp³-hybridized carbons (Fsp3) is 0.419. The zero-order valence-corrected chi connectivity index (χ0v) is 25.2. The van der Waals surface area contributed by atoms with E-state index in [4.69, 9.17) is 10.5 Å². The monoisotopic (exact) mass is 609 g/mol. The van der Waals surface area contributed by atoms with Crippen LogP contribution in [0.4, 0.5) is 26.1 Å². The van der Waals surface area contributed by atoms with Gasteiger partial charge in [0.25, 0.3) is 23.3 Å². The Balaban J connectivity index is 1.47. The first-order chi connectivity index (χ1) is 20.8. The molecule has 11 nitrogen and oxygen atoms in total. The van der Waals surface area contributed by atoms with Crippen LogP contribution in [0.25, 0.3) is 11.1 Å². The van der Waals surface area contributed by atoms with E-state index in [1.807, 2.05) is 6.92 Å². The number of carbonyl (C=O) groups excluding carboxylic acids is 2. The molecule has 0 radical (unpaired) electrons. The number of nitrogen functional groups attached to an aromatic ring is 1. The molecule has 0 unspecified atom stereocenters. The molecule has 0 spiro atoms. The number of nitrogens with zero attached hydrogens (tertiary/aromatic N) is 4. The molecule has 2 fully saturated rings. The third-order valence-electron chi connectivity index (χ3n) is 7.68. The smallest absolute Gasteiger partial charge is 0.282 e. The number of pyridine rings is 2. The Bertz CT molecular complexity index is 1630. The van der Waals surface area contributed by atoms with Crippen molar-refractivity contribution in [1.82, 2.24) is 19.8 Å². The van der Waals surface area contributed by atoms with Gasteiger partial charge in [-0.05, 0) is 66.8 Å². The molecule has 2 aromatic heterocycles. The van der Waals surface area contributed by atoms with Crippen molar-refractivity contribution >= 4 is 29.1 Å². The summed E-state index contributed by atoms with van der Waals surface area (Å²) in [5.74, 6) is -3.50. The Morgan fingerprint density at radius 1 is 1.16 bits per heavy atom. The molecule has 3 aromatic rings. The van der Waals surface area contributed by atoms with Gasteiger partial charge in [0.05, 0.1) is 19.2 Å². The molecule has 1 aliphatic carbocycles. The molecule has 1 saturated heterocycles. The molecule has 44 heavy (non-hydrogen) atoms. The van der Waals surface area contributed by atoms with Crippen molar-refractivity contribution < 1.29 is 23.1 Å². The van der Waals surface area contributed by atoms with Crippen LogP contribution in [0, 0.1) is 0 Å². The van der Waals surface area contributed by atoms with Gasteiger partial charge in [0.2, 0.25) is 0 Å². The fourth-order valence-corrected chi connectivity index (χ4v) is 5.01. The lowest BCUT2D eigenvalue weighted by molar-refractivity contribution is -0.113. The normalized spacial score (nSPS) is 16.3. The zero-order chi connectivity index (χ0) is 31.8. The van der Waals surface area contributed by atoms with Crippen LogP contribution in [0.3, 0.4) is 0 Å². The van der Waals surface area contributed by atoms with E-state index in [2.05, 4.69) is 15.6 Å². The number of aromatic nitrogens is 2. The highest BCUT2D eigenvalue weighted by Gasteiger charge is 2.46. The number of hydrogen-bond acceptors (Lipinski definition) is 8. The van der Waals surface area contributed by atoms with Crippen LogP contribution in [-0.4, -0.2) is 79.1 Å². The third-order valence-corrected chi connectivity index (χ3v) is 7.68. The highest BCUT2D eigenvalue weighted by Crippen LogP contribution is 2.35.